The van der Waals surface area contributed by atoms with E-state index in [1.54, 1.807) is 11.8 Å². The molecule has 0 spiro atoms. The summed E-state index contributed by atoms with van der Waals surface area (Å²) < 4.78 is 23.6. The molecule has 1 fully saturated rings. The zero-order valence-corrected chi connectivity index (χ0v) is 10.8. The van der Waals surface area contributed by atoms with Gasteiger partial charge in [-0.3, -0.25) is 0 Å². The summed E-state index contributed by atoms with van der Waals surface area (Å²) in [5.74, 6) is -0.0584. The Morgan fingerprint density at radius 1 is 1.47 bits per heavy atom. The molecule has 1 saturated heterocycles. The van der Waals surface area contributed by atoms with Crippen LogP contribution in [0.4, 0.5) is 14.9 Å². The van der Waals surface area contributed by atoms with Gasteiger partial charge in [0.05, 0.1) is 25.5 Å². The minimum Gasteiger partial charge on any atom is -0.492 e. The highest BCUT2D eigenvalue weighted by Crippen LogP contribution is 2.25. The van der Waals surface area contributed by atoms with E-state index < -0.39 is 5.82 Å². The highest BCUT2D eigenvalue weighted by atomic mass is 19.1. The number of halogens is 1. The number of anilines is 1. The lowest BCUT2D eigenvalue weighted by Gasteiger charge is -2.27. The van der Waals surface area contributed by atoms with Gasteiger partial charge in [0.2, 0.25) is 0 Å². The Kier molecular flexibility index (Phi) is 4.57. The summed E-state index contributed by atoms with van der Waals surface area (Å²) >= 11 is 0. The highest BCUT2D eigenvalue weighted by molar-refractivity contribution is 5.91. The quantitative estimate of drug-likeness (QED) is 0.913. The fourth-order valence-corrected chi connectivity index (χ4v) is 1.84. The topological polar surface area (TPSA) is 50.8 Å². The Balaban J connectivity index is 2.06. The fourth-order valence-electron chi connectivity index (χ4n) is 1.84. The van der Waals surface area contributed by atoms with Crippen LogP contribution in [0.3, 0.4) is 0 Å². The number of urea groups is 1. The van der Waals surface area contributed by atoms with Crippen LogP contribution in [0.5, 0.6) is 5.75 Å². The van der Waals surface area contributed by atoms with Crippen molar-refractivity contribution in [1.29, 1.82) is 0 Å². The van der Waals surface area contributed by atoms with Gasteiger partial charge in [-0.2, -0.15) is 0 Å². The molecule has 2 rings (SSSR count). The summed E-state index contributed by atoms with van der Waals surface area (Å²) in [4.78, 5) is 13.7. The number of amides is 2. The van der Waals surface area contributed by atoms with Crippen LogP contribution in [0.25, 0.3) is 0 Å². The lowest BCUT2D eigenvalue weighted by atomic mass is 10.3. The van der Waals surface area contributed by atoms with Crippen LogP contribution in [-0.2, 0) is 4.74 Å². The van der Waals surface area contributed by atoms with E-state index in [-0.39, 0.29) is 6.03 Å². The number of benzene rings is 1. The van der Waals surface area contributed by atoms with Gasteiger partial charge in [-0.05, 0) is 19.1 Å². The van der Waals surface area contributed by atoms with E-state index in [0.717, 1.165) is 0 Å². The van der Waals surface area contributed by atoms with E-state index in [1.807, 2.05) is 0 Å². The van der Waals surface area contributed by atoms with Crippen molar-refractivity contribution in [2.45, 2.75) is 6.92 Å². The maximum absolute atomic E-state index is 13.1. The average Bonchev–Trinajstić information content (AvgIpc) is 2.43. The molecule has 19 heavy (non-hydrogen) atoms. The molecule has 5 nitrogen and oxygen atoms in total. The smallest absolute Gasteiger partial charge is 0.322 e. The van der Waals surface area contributed by atoms with E-state index in [0.29, 0.717) is 44.3 Å². The molecule has 0 atom stereocenters. The normalized spacial score (nSPS) is 15.2. The predicted molar refractivity (Wildman–Crippen MR) is 69.0 cm³/mol. The largest absolute Gasteiger partial charge is 0.492 e. The van der Waals surface area contributed by atoms with Crippen LogP contribution in [0.15, 0.2) is 18.2 Å². The number of ether oxygens (including phenoxy) is 2. The molecule has 1 heterocycles. The first kappa shape index (κ1) is 13.6. The number of nitrogens with one attached hydrogen (secondary N) is 1. The Labute approximate surface area is 111 Å². The molecule has 2 amide bonds. The first-order chi connectivity index (χ1) is 9.20. The first-order valence-corrected chi connectivity index (χ1v) is 6.26. The monoisotopic (exact) mass is 268 g/mol. The van der Waals surface area contributed by atoms with Crippen molar-refractivity contribution in [3.05, 3.63) is 24.0 Å². The average molecular weight is 268 g/mol. The zero-order valence-electron chi connectivity index (χ0n) is 10.8. The van der Waals surface area contributed by atoms with Gasteiger partial charge in [0.1, 0.15) is 11.6 Å². The first-order valence-electron chi connectivity index (χ1n) is 6.26. The number of rotatable bonds is 3. The van der Waals surface area contributed by atoms with Gasteiger partial charge < -0.3 is 19.7 Å². The number of carbonyl (C=O) groups is 1. The molecule has 1 aliphatic rings. The van der Waals surface area contributed by atoms with Crippen LogP contribution < -0.4 is 10.1 Å². The standard InChI is InChI=1S/C13H17FN2O3/c1-2-19-12-9-10(14)3-4-11(12)15-13(17)16-5-7-18-8-6-16/h3-4,9H,2,5-8H2,1H3,(H,15,17). The van der Waals surface area contributed by atoms with Crippen molar-refractivity contribution in [2.75, 3.05) is 38.2 Å². The van der Waals surface area contributed by atoms with Crippen molar-refractivity contribution >= 4 is 11.7 Å². The maximum Gasteiger partial charge on any atom is 0.322 e. The predicted octanol–water partition coefficient (Wildman–Crippen LogP) is 2.09. The molecule has 0 bridgehead atoms. The molecule has 1 aliphatic heterocycles. The molecular formula is C13H17FN2O3. The maximum atomic E-state index is 13.1. The van der Waals surface area contributed by atoms with Crippen molar-refractivity contribution in [3.8, 4) is 5.75 Å². The second-order valence-electron chi connectivity index (χ2n) is 4.10. The van der Waals surface area contributed by atoms with Crippen molar-refractivity contribution < 1.29 is 18.7 Å². The molecule has 1 aromatic carbocycles. The van der Waals surface area contributed by atoms with Gasteiger partial charge in [0, 0.05) is 19.2 Å². The lowest BCUT2D eigenvalue weighted by Crippen LogP contribution is -2.43. The molecular weight excluding hydrogens is 251 g/mol. The van der Waals surface area contributed by atoms with Crippen LogP contribution in [-0.4, -0.2) is 43.8 Å². The Morgan fingerprint density at radius 3 is 2.89 bits per heavy atom. The SMILES string of the molecule is CCOc1cc(F)ccc1NC(=O)N1CCOCC1. The van der Waals surface area contributed by atoms with E-state index in [9.17, 15) is 9.18 Å². The number of nitrogens with zero attached hydrogens (tertiary/aromatic N) is 1. The fraction of sp³-hybridized carbons (Fsp3) is 0.462. The molecule has 1 aromatic rings. The molecule has 0 unspecified atom stereocenters. The number of morpholine rings is 1. The third-order valence-electron chi connectivity index (χ3n) is 2.78. The Hall–Kier alpha value is -1.82. The molecule has 0 aliphatic carbocycles. The summed E-state index contributed by atoms with van der Waals surface area (Å²) in [5, 5.41) is 2.73. The minimum atomic E-state index is -0.396. The van der Waals surface area contributed by atoms with E-state index in [4.69, 9.17) is 9.47 Å². The molecule has 104 valence electrons. The molecule has 1 N–H and O–H groups in total. The third-order valence-corrected chi connectivity index (χ3v) is 2.78. The van der Waals surface area contributed by atoms with Crippen LogP contribution >= 0.6 is 0 Å². The lowest BCUT2D eigenvalue weighted by molar-refractivity contribution is 0.0564. The van der Waals surface area contributed by atoms with Crippen molar-refractivity contribution in [1.82, 2.24) is 4.90 Å². The number of hydrogen-bond donors (Lipinski definition) is 1. The molecule has 0 radical (unpaired) electrons. The minimum absolute atomic E-state index is 0.226. The summed E-state index contributed by atoms with van der Waals surface area (Å²) in [6.07, 6.45) is 0. The van der Waals surface area contributed by atoms with Gasteiger partial charge in [0.25, 0.3) is 0 Å². The summed E-state index contributed by atoms with van der Waals surface area (Å²) in [5.41, 5.74) is 0.472. The summed E-state index contributed by atoms with van der Waals surface area (Å²) in [7, 11) is 0. The summed E-state index contributed by atoms with van der Waals surface area (Å²) in [6.45, 7) is 4.39. The van der Waals surface area contributed by atoms with Gasteiger partial charge in [-0.15, -0.1) is 0 Å². The van der Waals surface area contributed by atoms with E-state index >= 15 is 0 Å². The van der Waals surface area contributed by atoms with Gasteiger partial charge >= 0.3 is 6.03 Å². The Bertz CT molecular complexity index is 448. The van der Waals surface area contributed by atoms with Gasteiger partial charge in [-0.25, -0.2) is 9.18 Å². The van der Waals surface area contributed by atoms with Gasteiger partial charge in [-0.1, -0.05) is 0 Å². The van der Waals surface area contributed by atoms with E-state index in [2.05, 4.69) is 5.32 Å². The zero-order chi connectivity index (χ0) is 13.7. The Morgan fingerprint density at radius 2 is 2.21 bits per heavy atom. The van der Waals surface area contributed by atoms with Gasteiger partial charge in [0.15, 0.2) is 0 Å². The number of hydrogen-bond acceptors (Lipinski definition) is 3. The van der Waals surface area contributed by atoms with Crippen molar-refractivity contribution in [3.63, 3.8) is 0 Å². The second kappa shape index (κ2) is 6.38. The molecule has 0 aromatic heterocycles. The number of carbonyl (C=O) groups excluding carboxylic acids is 1. The van der Waals surface area contributed by atoms with Crippen LogP contribution in [0.2, 0.25) is 0 Å². The molecule has 0 saturated carbocycles. The van der Waals surface area contributed by atoms with Crippen molar-refractivity contribution in [2.24, 2.45) is 0 Å². The molecule has 6 heteroatoms. The highest BCUT2D eigenvalue weighted by Gasteiger charge is 2.18. The third kappa shape index (κ3) is 3.57. The second-order valence-corrected chi connectivity index (χ2v) is 4.10. The van der Waals surface area contributed by atoms with Crippen LogP contribution in [0.1, 0.15) is 6.92 Å². The van der Waals surface area contributed by atoms with Crippen LogP contribution in [0, 0.1) is 5.82 Å². The summed E-state index contributed by atoms with van der Waals surface area (Å²) in [6, 6.07) is 3.82. The van der Waals surface area contributed by atoms with E-state index in [1.165, 1.54) is 18.2 Å².